The number of amides is 1. The highest BCUT2D eigenvalue weighted by atomic mass is 16.7. The molecular weight excluding hydrogens is 218 g/mol. The van der Waals surface area contributed by atoms with E-state index in [9.17, 15) is 4.79 Å². The van der Waals surface area contributed by atoms with Crippen LogP contribution in [0, 0.1) is 5.92 Å². The van der Waals surface area contributed by atoms with Crippen molar-refractivity contribution in [1.29, 1.82) is 0 Å². The average Bonchev–Trinajstić information content (AvgIpc) is 2.87. The summed E-state index contributed by atoms with van der Waals surface area (Å²) >= 11 is 0. The van der Waals surface area contributed by atoms with Crippen molar-refractivity contribution in [3.05, 3.63) is 35.9 Å². The first-order valence-corrected chi connectivity index (χ1v) is 5.59. The molecule has 2 rings (SSSR count). The third-order valence-corrected chi connectivity index (χ3v) is 3.04. The molecule has 1 saturated heterocycles. The maximum absolute atomic E-state index is 12.1. The summed E-state index contributed by atoms with van der Waals surface area (Å²) < 4.78 is 0. The molecule has 1 aliphatic rings. The fourth-order valence-electron chi connectivity index (χ4n) is 2.03. The summed E-state index contributed by atoms with van der Waals surface area (Å²) in [5.74, 6) is -0.179. The van der Waals surface area contributed by atoms with Crippen LogP contribution in [0.25, 0.3) is 0 Å². The summed E-state index contributed by atoms with van der Waals surface area (Å²) in [7, 11) is 3.12. The van der Waals surface area contributed by atoms with Crippen LogP contribution >= 0.6 is 0 Å². The van der Waals surface area contributed by atoms with E-state index in [-0.39, 0.29) is 17.9 Å². The summed E-state index contributed by atoms with van der Waals surface area (Å²) in [5, 5.41) is 1.27. The average molecular weight is 235 g/mol. The number of nitrogens with zero attached hydrogens (tertiary/aromatic N) is 1. The first-order chi connectivity index (χ1) is 8.24. The summed E-state index contributed by atoms with van der Waals surface area (Å²) in [6.07, 6.45) is 0. The van der Waals surface area contributed by atoms with Gasteiger partial charge in [-0.05, 0) is 5.56 Å². The summed E-state index contributed by atoms with van der Waals surface area (Å²) in [4.78, 5) is 17.0. The Hall–Kier alpha value is -1.43. The molecule has 0 aromatic heterocycles. The molecule has 0 spiro atoms. The lowest BCUT2D eigenvalue weighted by Crippen LogP contribution is -2.35. The largest absolute Gasteiger partial charge is 0.275 e. The Morgan fingerprint density at radius 2 is 2.12 bits per heavy atom. The third kappa shape index (κ3) is 2.46. The first-order valence-electron chi connectivity index (χ1n) is 5.59. The fourth-order valence-corrected chi connectivity index (χ4v) is 2.03. The van der Waals surface area contributed by atoms with Crippen molar-refractivity contribution in [2.24, 2.45) is 5.92 Å². The smallest absolute Gasteiger partial charge is 0.252 e. The van der Waals surface area contributed by atoms with Gasteiger partial charge in [0.25, 0.3) is 5.91 Å². The highest BCUT2D eigenvalue weighted by molar-refractivity contribution is 5.79. The van der Waals surface area contributed by atoms with E-state index in [0.717, 1.165) is 5.56 Å². The van der Waals surface area contributed by atoms with Crippen LogP contribution in [0.4, 0.5) is 0 Å². The number of carbonyl (C=O) groups is 1. The van der Waals surface area contributed by atoms with Crippen molar-refractivity contribution in [1.82, 2.24) is 15.9 Å². The van der Waals surface area contributed by atoms with Crippen LogP contribution in [-0.4, -0.2) is 31.7 Å². The number of carbonyl (C=O) groups excluding carboxylic acids is 1. The molecule has 0 radical (unpaired) electrons. The van der Waals surface area contributed by atoms with Gasteiger partial charge in [-0.15, -0.1) is 0 Å². The molecule has 1 aliphatic heterocycles. The van der Waals surface area contributed by atoms with Gasteiger partial charge in [-0.2, -0.15) is 0 Å². The lowest BCUT2D eigenvalue weighted by molar-refractivity contribution is -0.173. The van der Waals surface area contributed by atoms with Crippen molar-refractivity contribution in [2.75, 3.05) is 20.7 Å². The maximum Gasteiger partial charge on any atom is 0.252 e. The van der Waals surface area contributed by atoms with Crippen molar-refractivity contribution in [3.63, 3.8) is 0 Å². The summed E-state index contributed by atoms with van der Waals surface area (Å²) in [5.41, 5.74) is 7.26. The van der Waals surface area contributed by atoms with E-state index in [1.165, 1.54) is 12.2 Å². The van der Waals surface area contributed by atoms with Gasteiger partial charge in [-0.25, -0.2) is 10.5 Å². The minimum atomic E-state index is -0.151. The minimum Gasteiger partial charge on any atom is -0.275 e. The van der Waals surface area contributed by atoms with Crippen LogP contribution in [0.1, 0.15) is 11.6 Å². The molecule has 2 atom stereocenters. The Morgan fingerprint density at radius 3 is 2.76 bits per heavy atom. The van der Waals surface area contributed by atoms with E-state index in [0.29, 0.717) is 6.54 Å². The van der Waals surface area contributed by atoms with E-state index in [1.807, 2.05) is 30.3 Å². The van der Waals surface area contributed by atoms with Crippen LogP contribution < -0.4 is 10.9 Å². The SMILES string of the molecule is CON(C)C(=O)C1CNNC1c1ccccc1. The van der Waals surface area contributed by atoms with Gasteiger partial charge in [-0.1, -0.05) is 30.3 Å². The van der Waals surface area contributed by atoms with Gasteiger partial charge in [0, 0.05) is 13.6 Å². The van der Waals surface area contributed by atoms with Crippen LogP contribution in [0.3, 0.4) is 0 Å². The highest BCUT2D eigenvalue weighted by Gasteiger charge is 2.35. The Bertz CT molecular complexity index is 383. The number of rotatable bonds is 3. The predicted octanol–water partition coefficient (Wildman–Crippen LogP) is 0.472. The number of hydrogen-bond acceptors (Lipinski definition) is 4. The lowest BCUT2D eigenvalue weighted by Gasteiger charge is -2.22. The van der Waals surface area contributed by atoms with Gasteiger partial charge < -0.3 is 0 Å². The van der Waals surface area contributed by atoms with E-state index in [2.05, 4.69) is 10.9 Å². The normalized spacial score (nSPS) is 23.6. The molecule has 17 heavy (non-hydrogen) atoms. The molecule has 1 aromatic carbocycles. The molecule has 92 valence electrons. The number of hydroxylamine groups is 2. The van der Waals surface area contributed by atoms with Gasteiger partial charge in [0.15, 0.2) is 0 Å². The summed E-state index contributed by atoms with van der Waals surface area (Å²) in [6.45, 7) is 0.603. The Labute approximate surface area is 101 Å². The zero-order valence-electron chi connectivity index (χ0n) is 10.0. The van der Waals surface area contributed by atoms with Crippen LogP contribution in [0.5, 0.6) is 0 Å². The van der Waals surface area contributed by atoms with E-state index < -0.39 is 0 Å². The second kappa shape index (κ2) is 5.27. The quantitative estimate of drug-likeness (QED) is 0.748. The molecule has 1 amide bonds. The monoisotopic (exact) mass is 235 g/mol. The maximum atomic E-state index is 12.1. The Balaban J connectivity index is 2.15. The Kier molecular flexibility index (Phi) is 3.73. The second-order valence-corrected chi connectivity index (χ2v) is 4.04. The van der Waals surface area contributed by atoms with E-state index >= 15 is 0 Å². The molecule has 5 heteroatoms. The molecule has 0 bridgehead atoms. The fraction of sp³-hybridized carbons (Fsp3) is 0.417. The molecule has 2 N–H and O–H groups in total. The first kappa shape index (κ1) is 12.0. The van der Waals surface area contributed by atoms with Gasteiger partial charge >= 0.3 is 0 Å². The second-order valence-electron chi connectivity index (χ2n) is 4.04. The van der Waals surface area contributed by atoms with E-state index in [1.54, 1.807) is 7.05 Å². The van der Waals surface area contributed by atoms with Gasteiger partial charge in [0.1, 0.15) is 0 Å². The third-order valence-electron chi connectivity index (χ3n) is 3.04. The molecule has 1 fully saturated rings. The molecule has 5 nitrogen and oxygen atoms in total. The molecule has 0 aliphatic carbocycles. The van der Waals surface area contributed by atoms with Gasteiger partial charge in [0.05, 0.1) is 19.1 Å². The Morgan fingerprint density at radius 1 is 1.41 bits per heavy atom. The zero-order chi connectivity index (χ0) is 12.3. The topological polar surface area (TPSA) is 53.6 Å². The number of hydrogen-bond donors (Lipinski definition) is 2. The van der Waals surface area contributed by atoms with E-state index in [4.69, 9.17) is 4.84 Å². The van der Waals surface area contributed by atoms with Crippen LogP contribution in [0.15, 0.2) is 30.3 Å². The highest BCUT2D eigenvalue weighted by Crippen LogP contribution is 2.25. The van der Waals surface area contributed by atoms with Crippen LogP contribution in [-0.2, 0) is 9.63 Å². The molecule has 2 unspecified atom stereocenters. The lowest BCUT2D eigenvalue weighted by atomic mass is 9.94. The number of nitrogens with one attached hydrogen (secondary N) is 2. The molecule has 1 heterocycles. The van der Waals surface area contributed by atoms with Gasteiger partial charge in [0.2, 0.25) is 0 Å². The summed E-state index contributed by atoms with van der Waals surface area (Å²) in [6, 6.07) is 9.91. The molecular formula is C12H17N3O2. The molecule has 1 aromatic rings. The minimum absolute atomic E-state index is 0.0127. The van der Waals surface area contributed by atoms with Crippen molar-refractivity contribution in [2.45, 2.75) is 6.04 Å². The van der Waals surface area contributed by atoms with Crippen molar-refractivity contribution >= 4 is 5.91 Å². The van der Waals surface area contributed by atoms with Gasteiger partial charge in [-0.3, -0.25) is 15.1 Å². The molecule has 0 saturated carbocycles. The zero-order valence-corrected chi connectivity index (χ0v) is 10.0. The van der Waals surface area contributed by atoms with Crippen molar-refractivity contribution < 1.29 is 9.63 Å². The number of benzene rings is 1. The van der Waals surface area contributed by atoms with Crippen molar-refractivity contribution in [3.8, 4) is 0 Å². The predicted molar refractivity (Wildman–Crippen MR) is 63.6 cm³/mol. The van der Waals surface area contributed by atoms with Crippen LogP contribution in [0.2, 0.25) is 0 Å². The standard InChI is InChI=1S/C12H17N3O2/c1-15(17-2)12(16)10-8-13-14-11(10)9-6-4-3-5-7-9/h3-7,10-11,13-14H,8H2,1-2H3. The number of hydrazine groups is 1.